The molecule has 0 bridgehead atoms. The number of rotatable bonds is 19. The molecule has 5 rings (SSSR count). The SMILES string of the molecule is CCCC[C@H](NC(C)=O)C(=O)N[C@H]1CCC(=O)NCC[C@@H](C(=O)N[C@H](Cc2cccc3ccccc23)C(N)=O)CC(=O)[C@H](CCCN=C(N)N)NC(=O)[C@@H](Cc2ccccc2)NC(=O)[C@H](Cc2cnc[nH]2)NC1=O. The summed E-state index contributed by atoms with van der Waals surface area (Å²) in [5, 5.41) is 20.8. The van der Waals surface area contributed by atoms with Crippen LogP contribution in [0, 0.1) is 5.92 Å². The number of imidazole rings is 1. The van der Waals surface area contributed by atoms with Crippen LogP contribution in [0.15, 0.2) is 90.3 Å². The summed E-state index contributed by atoms with van der Waals surface area (Å²) in [7, 11) is 0. The number of aliphatic imine (C=N–C) groups is 1. The van der Waals surface area contributed by atoms with Crippen molar-refractivity contribution in [1.29, 1.82) is 0 Å². The number of aromatic nitrogens is 2. The van der Waals surface area contributed by atoms with E-state index in [2.05, 4.69) is 52.2 Å². The van der Waals surface area contributed by atoms with E-state index in [0.717, 1.165) is 16.3 Å². The van der Waals surface area contributed by atoms with E-state index in [1.807, 2.05) is 49.4 Å². The second-order valence-electron chi connectivity index (χ2n) is 18.4. The van der Waals surface area contributed by atoms with Gasteiger partial charge in [0.1, 0.15) is 30.2 Å². The normalized spacial score (nSPS) is 20.1. The van der Waals surface area contributed by atoms with E-state index in [-0.39, 0.29) is 76.8 Å². The molecule has 0 saturated carbocycles. The lowest BCUT2D eigenvalue weighted by Crippen LogP contribution is -2.59. The van der Waals surface area contributed by atoms with E-state index in [4.69, 9.17) is 17.2 Å². The Balaban J connectivity index is 1.52. The van der Waals surface area contributed by atoms with Crippen molar-refractivity contribution in [3.63, 3.8) is 0 Å². The number of hydrogen-bond donors (Lipinski definition) is 11. The second-order valence-corrected chi connectivity index (χ2v) is 18.4. The number of fused-ring (bicyclic) bond motifs is 1. The van der Waals surface area contributed by atoms with Crippen LogP contribution in [0.3, 0.4) is 0 Å². The summed E-state index contributed by atoms with van der Waals surface area (Å²) < 4.78 is 0. The molecule has 1 fully saturated rings. The second kappa shape index (κ2) is 28.8. The Bertz CT molecular complexity index is 2600. The molecule has 1 aliphatic heterocycles. The molecule has 0 aliphatic carbocycles. The number of nitrogens with two attached hydrogens (primary N) is 3. The van der Waals surface area contributed by atoms with Gasteiger partial charge in [-0.3, -0.25) is 48.1 Å². The Morgan fingerprint density at radius 2 is 1.47 bits per heavy atom. The van der Waals surface area contributed by atoms with Gasteiger partial charge in [0.2, 0.25) is 47.3 Å². The summed E-state index contributed by atoms with van der Waals surface area (Å²) >= 11 is 0. The van der Waals surface area contributed by atoms with Crippen LogP contribution < -0.4 is 54.4 Å². The van der Waals surface area contributed by atoms with Gasteiger partial charge in [-0.15, -0.1) is 0 Å². The molecule has 22 nitrogen and oxygen atoms in total. The highest BCUT2D eigenvalue weighted by Crippen LogP contribution is 2.21. The highest BCUT2D eigenvalue weighted by Gasteiger charge is 2.35. The number of guanidine groups is 1. The fourth-order valence-corrected chi connectivity index (χ4v) is 8.65. The van der Waals surface area contributed by atoms with Crippen LogP contribution in [0.1, 0.15) is 88.5 Å². The summed E-state index contributed by atoms with van der Waals surface area (Å²) in [5.74, 6) is -7.70. The van der Waals surface area contributed by atoms with Crippen LogP contribution in [0.4, 0.5) is 0 Å². The maximum Gasteiger partial charge on any atom is 0.243 e. The zero-order chi connectivity index (χ0) is 53.6. The average Bonchev–Trinajstić information content (AvgIpc) is 3.89. The van der Waals surface area contributed by atoms with Crippen molar-refractivity contribution in [2.45, 2.75) is 127 Å². The lowest BCUT2D eigenvalue weighted by molar-refractivity contribution is -0.135. The van der Waals surface area contributed by atoms with Gasteiger partial charge in [-0.2, -0.15) is 0 Å². The predicted molar refractivity (Wildman–Crippen MR) is 276 cm³/mol. The summed E-state index contributed by atoms with van der Waals surface area (Å²) in [4.78, 5) is 136. The minimum absolute atomic E-state index is 0.00369. The first-order valence-electron chi connectivity index (χ1n) is 24.9. The van der Waals surface area contributed by atoms with Crippen LogP contribution in [0.5, 0.6) is 0 Å². The van der Waals surface area contributed by atoms with Gasteiger partial charge in [0, 0.05) is 69.9 Å². The van der Waals surface area contributed by atoms with Gasteiger partial charge in [0.05, 0.1) is 12.4 Å². The number of nitrogens with one attached hydrogen (secondary N) is 8. The molecule has 1 saturated heterocycles. The fourth-order valence-electron chi connectivity index (χ4n) is 8.65. The van der Waals surface area contributed by atoms with Crippen LogP contribution in [-0.4, -0.2) is 118 Å². The standard InChI is InChI=1S/C52H69N13O9/c1-3-4-18-39(60-31(2)66)48(71)62-40-20-21-45(68)57-24-22-35(47(70)63-41(46(53)69)26-34-16-10-15-33-14-8-9-17-37(33)34)27-44(67)38(19-11-23-58-52(54)55)61-50(73)42(25-32-12-6-5-7-13-32)64-51(74)43(65-49(40)72)28-36-29-56-30-59-36/h5-10,12-17,29-30,35,38-43H,3-4,11,18-28H2,1-2H3,(H2,53,69)(H,56,59)(H,57,68)(H,60,66)(H,61,73)(H,62,71)(H,63,70)(H,64,74)(H,65,72)(H4,54,55,58)/t35-,38+,39+,40+,41-,42-,43+/m1/s1. The molecule has 74 heavy (non-hydrogen) atoms. The Morgan fingerprint density at radius 3 is 2.16 bits per heavy atom. The van der Waals surface area contributed by atoms with E-state index >= 15 is 0 Å². The number of hydrogen-bond acceptors (Lipinski definition) is 11. The first-order valence-corrected chi connectivity index (χ1v) is 24.9. The van der Waals surface area contributed by atoms with E-state index in [0.29, 0.717) is 24.1 Å². The number of ketones is 1. The van der Waals surface area contributed by atoms with Crippen molar-refractivity contribution in [1.82, 2.24) is 47.2 Å². The van der Waals surface area contributed by atoms with Crippen molar-refractivity contribution in [2.75, 3.05) is 13.1 Å². The largest absolute Gasteiger partial charge is 0.370 e. The summed E-state index contributed by atoms with van der Waals surface area (Å²) in [6.07, 6.45) is 3.13. The van der Waals surface area contributed by atoms with Gasteiger partial charge in [0.25, 0.3) is 0 Å². The zero-order valence-corrected chi connectivity index (χ0v) is 41.8. The summed E-state index contributed by atoms with van der Waals surface area (Å²) in [5.41, 5.74) is 18.8. The van der Waals surface area contributed by atoms with Gasteiger partial charge in [-0.25, -0.2) is 4.98 Å². The quantitative estimate of drug-likeness (QED) is 0.0339. The molecular formula is C52H69N13O9. The van der Waals surface area contributed by atoms with Crippen LogP contribution in [0.25, 0.3) is 10.8 Å². The van der Waals surface area contributed by atoms with Gasteiger partial charge >= 0.3 is 0 Å². The number of amides is 8. The van der Waals surface area contributed by atoms with E-state index < -0.39 is 102 Å². The molecule has 1 aromatic heterocycles. The highest BCUT2D eigenvalue weighted by molar-refractivity contribution is 5.98. The molecule has 3 aromatic carbocycles. The lowest BCUT2D eigenvalue weighted by Gasteiger charge is -2.27. The molecule has 7 atom stereocenters. The number of primary amides is 1. The summed E-state index contributed by atoms with van der Waals surface area (Å²) in [6, 6.07) is 14.2. The number of aromatic amines is 1. The molecule has 0 unspecified atom stereocenters. The maximum absolute atomic E-state index is 14.6. The van der Waals surface area contributed by atoms with Gasteiger partial charge in [0.15, 0.2) is 11.7 Å². The Labute approximate surface area is 429 Å². The molecule has 0 radical (unpaired) electrons. The number of carbonyl (C=O) groups is 9. The fraction of sp³-hybridized carbons (Fsp3) is 0.442. The first-order chi connectivity index (χ1) is 35.5. The average molecular weight is 1020 g/mol. The van der Waals surface area contributed by atoms with Crippen molar-refractivity contribution in [3.8, 4) is 0 Å². The molecule has 396 valence electrons. The molecule has 2 heterocycles. The number of H-pyrrole nitrogens is 1. The molecule has 1 aliphatic rings. The third-order valence-electron chi connectivity index (χ3n) is 12.6. The smallest absolute Gasteiger partial charge is 0.243 e. The monoisotopic (exact) mass is 1020 g/mol. The van der Waals surface area contributed by atoms with Crippen LogP contribution in [-0.2, 0) is 62.4 Å². The van der Waals surface area contributed by atoms with Gasteiger partial charge in [-0.05, 0) is 54.0 Å². The molecule has 8 amide bonds. The minimum Gasteiger partial charge on any atom is -0.370 e. The number of carbonyl (C=O) groups excluding carboxylic acids is 9. The molecule has 4 aromatic rings. The van der Waals surface area contributed by atoms with E-state index in [9.17, 15) is 43.2 Å². The number of nitrogens with zero attached hydrogens (tertiary/aromatic N) is 2. The van der Waals surface area contributed by atoms with Crippen LogP contribution in [0.2, 0.25) is 0 Å². The maximum atomic E-state index is 14.6. The van der Waals surface area contributed by atoms with Crippen molar-refractivity contribution < 1.29 is 43.2 Å². The Morgan fingerprint density at radius 1 is 0.784 bits per heavy atom. The Hall–Kier alpha value is -8.17. The topological polar surface area (TPSA) is 357 Å². The third kappa shape index (κ3) is 18.1. The van der Waals surface area contributed by atoms with Crippen molar-refractivity contribution in [3.05, 3.63) is 102 Å². The number of unbranched alkanes of at least 4 members (excludes halogenated alkanes) is 1. The first kappa shape index (κ1) is 56.7. The van der Waals surface area contributed by atoms with E-state index in [1.54, 1.807) is 30.3 Å². The highest BCUT2D eigenvalue weighted by atomic mass is 16.2. The van der Waals surface area contributed by atoms with Gasteiger partial charge < -0.3 is 59.4 Å². The zero-order valence-electron chi connectivity index (χ0n) is 41.8. The molecule has 22 heteroatoms. The third-order valence-corrected chi connectivity index (χ3v) is 12.6. The van der Waals surface area contributed by atoms with Crippen molar-refractivity contribution in [2.24, 2.45) is 28.1 Å². The molecular weight excluding hydrogens is 951 g/mol. The number of Topliss-reactive ketones (excluding diaryl/α,β-unsaturated/α-hetero) is 1. The molecule has 0 spiro atoms. The predicted octanol–water partition coefficient (Wildman–Crippen LogP) is 0.124. The van der Waals surface area contributed by atoms with Crippen molar-refractivity contribution >= 4 is 69.8 Å². The van der Waals surface area contributed by atoms with Crippen LogP contribution >= 0.6 is 0 Å². The number of benzene rings is 3. The Kier molecular flexibility index (Phi) is 22.1. The summed E-state index contributed by atoms with van der Waals surface area (Å²) in [6.45, 7) is 3.09. The van der Waals surface area contributed by atoms with E-state index in [1.165, 1.54) is 19.4 Å². The lowest BCUT2D eigenvalue weighted by atomic mass is 9.91. The van der Waals surface area contributed by atoms with Gasteiger partial charge in [-0.1, -0.05) is 92.6 Å². The minimum atomic E-state index is -1.42. The molecule has 14 N–H and O–H groups in total.